The molecule has 1 radical (unpaired) electrons. The lowest BCUT2D eigenvalue weighted by Gasteiger charge is -1.44. The summed E-state index contributed by atoms with van der Waals surface area (Å²) in [6.07, 6.45) is 0. The Kier molecular flexibility index (Phi) is 0.539. The van der Waals surface area contributed by atoms with Crippen molar-refractivity contribution in [2.24, 2.45) is 0 Å². The topological polar surface area (TPSA) is 49.5 Å². The third kappa shape index (κ3) is 0.507. The fraction of sp³-hybridized carbons (Fsp3) is 1.00. The van der Waals surface area contributed by atoms with E-state index in [1.54, 1.807) is 0 Å². The first-order valence-electron chi connectivity index (χ1n) is 1.17. The van der Waals surface area contributed by atoms with Crippen molar-refractivity contribution in [2.75, 3.05) is 0 Å². The van der Waals surface area contributed by atoms with Gasteiger partial charge in [0.05, 0.1) is 0 Å². The molecule has 0 bridgehead atoms. The van der Waals surface area contributed by atoms with Gasteiger partial charge in [0.1, 0.15) is 0 Å². The molecule has 0 aliphatic carbocycles. The van der Waals surface area contributed by atoms with Gasteiger partial charge >= 0.3 is 0 Å². The largest absolute Gasteiger partial charge is 0.291 e. The van der Waals surface area contributed by atoms with Crippen LogP contribution in [-0.2, 0) is 14.2 Å². The molecule has 1 fully saturated rings. The number of rotatable bonds is 0. The quantitative estimate of drug-likeness (QED) is 0.317. The Morgan fingerprint density at radius 1 is 1.80 bits per heavy atom. The maximum absolute atomic E-state index is 9.54. The minimum Gasteiger partial charge on any atom is -0.291 e. The van der Waals surface area contributed by atoms with Gasteiger partial charge in [0.25, 0.3) is 14.1 Å². The van der Waals surface area contributed by atoms with Crippen molar-refractivity contribution in [1.82, 2.24) is 0 Å². The van der Waals surface area contributed by atoms with Gasteiger partial charge in [-0.05, 0) is 0 Å². The molecule has 1 saturated heterocycles. The van der Waals surface area contributed by atoms with Crippen molar-refractivity contribution in [3.05, 3.63) is 0 Å². The van der Waals surface area contributed by atoms with Gasteiger partial charge in [-0.25, -0.2) is 0 Å². The summed E-state index contributed by atoms with van der Waals surface area (Å²) < 4.78 is 13.4. The van der Waals surface area contributed by atoms with Crippen LogP contribution in [0.25, 0.3) is 0 Å². The van der Waals surface area contributed by atoms with Crippen LogP contribution >= 0.6 is 8.03 Å². The third-order valence-electron chi connectivity index (χ3n) is 0.358. The second kappa shape index (κ2) is 0.805. The zero-order valence-corrected chi connectivity index (χ0v) is 3.30. The average molecular weight is 93.0 g/mol. The Labute approximate surface area is 29.4 Å². The van der Waals surface area contributed by atoms with E-state index in [9.17, 15) is 9.67 Å². The molecule has 29 valence electrons. The van der Waals surface area contributed by atoms with Crippen molar-refractivity contribution in [3.63, 3.8) is 0 Å². The summed E-state index contributed by atoms with van der Waals surface area (Å²) in [6, 6.07) is -1.15. The Bertz CT molecular complexity index is 69.3. The average Bonchev–Trinajstić information content (AvgIpc) is 1.79. The molecular weight excluding hydrogens is 91.0 g/mol. The minimum absolute atomic E-state index is 1.15. The zero-order valence-electron chi connectivity index (χ0n) is 2.30. The summed E-state index contributed by atoms with van der Waals surface area (Å²) in [5.74, 6) is 0. The van der Waals surface area contributed by atoms with Crippen LogP contribution in [0.3, 0.4) is 0 Å². The molecular formula is CH2O3P. The van der Waals surface area contributed by atoms with E-state index >= 15 is 0 Å². The van der Waals surface area contributed by atoms with Crippen molar-refractivity contribution >= 4 is 8.03 Å². The monoisotopic (exact) mass is 93.0 g/mol. The van der Waals surface area contributed by atoms with Crippen LogP contribution in [-0.4, -0.2) is 6.03 Å². The molecule has 4 heteroatoms. The standard InChI is InChI=1S/CH2O3P/c2-1-4-5(1)3/h1,5H. The van der Waals surface area contributed by atoms with Crippen LogP contribution in [0.4, 0.5) is 0 Å². The molecule has 0 N–H and O–H groups in total. The van der Waals surface area contributed by atoms with Gasteiger partial charge in [0, 0.05) is 0 Å². The summed E-state index contributed by atoms with van der Waals surface area (Å²) in [4.78, 5) is 0. The molecule has 1 rings (SSSR count). The first-order valence-corrected chi connectivity index (χ1v) is 2.56. The molecule has 3 nitrogen and oxygen atoms in total. The Hall–Kier alpha value is 0.150. The van der Waals surface area contributed by atoms with E-state index in [1.807, 2.05) is 0 Å². The van der Waals surface area contributed by atoms with Gasteiger partial charge in [-0.3, -0.25) is 9.09 Å². The summed E-state index contributed by atoms with van der Waals surface area (Å²) in [7, 11) is -2.01. The molecule has 0 saturated carbocycles. The maximum Gasteiger partial charge on any atom is 0.271 e. The lowest BCUT2D eigenvalue weighted by atomic mass is 11.5. The highest BCUT2D eigenvalue weighted by Gasteiger charge is 2.33. The smallest absolute Gasteiger partial charge is 0.271 e. The van der Waals surface area contributed by atoms with Crippen LogP contribution in [0.15, 0.2) is 0 Å². The first kappa shape index (κ1) is 3.34. The van der Waals surface area contributed by atoms with Crippen molar-refractivity contribution in [3.8, 4) is 0 Å². The Balaban J connectivity index is 2.47. The van der Waals surface area contributed by atoms with E-state index in [0.29, 0.717) is 0 Å². The molecule has 5 heavy (non-hydrogen) atoms. The molecule has 1 heterocycles. The highest BCUT2D eigenvalue weighted by atomic mass is 31.1. The van der Waals surface area contributed by atoms with Gasteiger partial charge in [-0.1, -0.05) is 0 Å². The first-order chi connectivity index (χ1) is 2.30. The summed E-state index contributed by atoms with van der Waals surface area (Å²) >= 11 is 0. The van der Waals surface area contributed by atoms with Crippen molar-refractivity contribution in [2.45, 2.75) is 6.03 Å². The van der Waals surface area contributed by atoms with Crippen LogP contribution in [0.2, 0.25) is 0 Å². The zero-order chi connectivity index (χ0) is 3.86. The van der Waals surface area contributed by atoms with E-state index in [-0.39, 0.29) is 0 Å². The normalized spacial score (nSPS) is 49.0. The maximum atomic E-state index is 9.54. The molecule has 2 unspecified atom stereocenters. The van der Waals surface area contributed by atoms with Crippen LogP contribution in [0, 0.1) is 0 Å². The fourth-order valence-electron chi connectivity index (χ4n) is 0.0715. The van der Waals surface area contributed by atoms with E-state index in [4.69, 9.17) is 0 Å². The molecule has 1 aliphatic heterocycles. The Morgan fingerprint density at radius 3 is 2.00 bits per heavy atom. The second-order valence-electron chi connectivity index (χ2n) is 0.769. The minimum atomic E-state index is -2.01. The second-order valence-corrected chi connectivity index (χ2v) is 2.11. The highest BCUT2D eigenvalue weighted by Crippen LogP contribution is 2.47. The third-order valence-corrected chi connectivity index (χ3v) is 1.08. The summed E-state index contributed by atoms with van der Waals surface area (Å²) in [5.41, 5.74) is 0. The Morgan fingerprint density at radius 2 is 2.00 bits per heavy atom. The van der Waals surface area contributed by atoms with Crippen molar-refractivity contribution < 1.29 is 14.2 Å². The van der Waals surface area contributed by atoms with E-state index in [0.717, 1.165) is 0 Å². The molecule has 0 aromatic heterocycles. The van der Waals surface area contributed by atoms with Gasteiger partial charge < -0.3 is 0 Å². The SMILES string of the molecule is [O]C1O[PH]1=O. The van der Waals surface area contributed by atoms with Crippen molar-refractivity contribution in [1.29, 1.82) is 0 Å². The molecule has 1 aliphatic rings. The van der Waals surface area contributed by atoms with Gasteiger partial charge in [-0.15, -0.1) is 0 Å². The molecule has 0 amide bonds. The molecule has 0 aromatic carbocycles. The van der Waals surface area contributed by atoms with Gasteiger partial charge in [0.15, 0.2) is 0 Å². The number of hydrogen-bond acceptors (Lipinski definition) is 2. The van der Waals surface area contributed by atoms with Crippen LogP contribution < -0.4 is 0 Å². The lowest BCUT2D eigenvalue weighted by Crippen LogP contribution is -1.61. The van der Waals surface area contributed by atoms with Gasteiger partial charge in [0.2, 0.25) is 0 Å². The molecule has 0 spiro atoms. The van der Waals surface area contributed by atoms with E-state index < -0.39 is 14.1 Å². The van der Waals surface area contributed by atoms with E-state index in [2.05, 4.69) is 4.52 Å². The number of hydrogen-bond donors (Lipinski definition) is 0. The van der Waals surface area contributed by atoms with E-state index in [1.165, 1.54) is 0 Å². The molecule has 2 atom stereocenters. The summed E-state index contributed by atoms with van der Waals surface area (Å²) in [5, 5.41) is 9.48. The fourth-order valence-corrected chi connectivity index (χ4v) is 0.359. The molecule has 0 aromatic rings. The van der Waals surface area contributed by atoms with Gasteiger partial charge in [-0.2, -0.15) is 5.11 Å². The summed E-state index contributed by atoms with van der Waals surface area (Å²) in [6.45, 7) is 0. The lowest BCUT2D eigenvalue weighted by molar-refractivity contribution is 0.0822. The predicted molar refractivity (Wildman–Crippen MR) is 14.6 cm³/mol. The van der Waals surface area contributed by atoms with Crippen LogP contribution in [0.1, 0.15) is 0 Å². The van der Waals surface area contributed by atoms with Crippen LogP contribution in [0.5, 0.6) is 0 Å². The predicted octanol–water partition coefficient (Wildman–Crippen LogP) is 0.205. The highest BCUT2D eigenvalue weighted by molar-refractivity contribution is 7.45.